The van der Waals surface area contributed by atoms with Crippen molar-refractivity contribution in [3.63, 3.8) is 0 Å². The molecular formula is C8H11BHo. The van der Waals surface area contributed by atoms with Gasteiger partial charge in [-0.1, -0.05) is 49.6 Å². The van der Waals surface area contributed by atoms with E-state index in [0.29, 0.717) is 0 Å². The van der Waals surface area contributed by atoms with Crippen LogP contribution in [0.25, 0.3) is 0 Å². The molecule has 10 heavy (non-hydrogen) atoms. The van der Waals surface area contributed by atoms with E-state index < -0.39 is 0 Å². The summed E-state index contributed by atoms with van der Waals surface area (Å²) in [6.07, 6.45) is 0. The third-order valence-corrected chi connectivity index (χ3v) is 0.800. The van der Waals surface area contributed by atoms with Crippen LogP contribution in [0.3, 0.4) is 0 Å². The standard InChI is InChI=1S/C6H5B.C2H6.Ho/c7-6-4-2-1-3-5-6;1-2;/h1-5H;1-2H3;. The summed E-state index contributed by atoms with van der Waals surface area (Å²) >= 11 is 0. The maximum Gasteiger partial charge on any atom is 0.113 e. The molecule has 2 heteroatoms. The molecule has 0 heterocycles. The van der Waals surface area contributed by atoms with Crippen LogP contribution in [0.2, 0.25) is 0 Å². The van der Waals surface area contributed by atoms with E-state index in [-0.39, 0.29) is 37.7 Å². The van der Waals surface area contributed by atoms with E-state index in [0.717, 1.165) is 5.46 Å². The molecule has 0 atom stereocenters. The van der Waals surface area contributed by atoms with Crippen LogP contribution in [0.1, 0.15) is 13.8 Å². The average molecular weight is 283 g/mol. The van der Waals surface area contributed by atoms with Crippen molar-refractivity contribution in [1.29, 1.82) is 0 Å². The number of hydrogen-bond acceptors (Lipinski definition) is 0. The number of hydrogen-bond donors (Lipinski definition) is 0. The van der Waals surface area contributed by atoms with Crippen LogP contribution in [0, 0.1) is 37.7 Å². The molecule has 0 spiro atoms. The molecule has 1 rings (SSSR count). The first-order valence-corrected chi connectivity index (χ1v) is 3.20. The van der Waals surface area contributed by atoms with Crippen molar-refractivity contribution >= 4 is 13.3 Å². The molecule has 0 aliphatic rings. The molecule has 0 amide bonds. The molecule has 57 valence electrons. The summed E-state index contributed by atoms with van der Waals surface area (Å²) in [6.45, 7) is 4.00. The van der Waals surface area contributed by atoms with E-state index in [1.165, 1.54) is 0 Å². The molecular weight excluding hydrogens is 272 g/mol. The minimum absolute atomic E-state index is 0. The smallest absolute Gasteiger partial charge is 0.0967 e. The van der Waals surface area contributed by atoms with E-state index in [4.69, 9.17) is 7.85 Å². The summed E-state index contributed by atoms with van der Waals surface area (Å²) in [6, 6.07) is 9.49. The maximum atomic E-state index is 5.36. The van der Waals surface area contributed by atoms with Crippen LogP contribution >= 0.6 is 0 Å². The van der Waals surface area contributed by atoms with Gasteiger partial charge in [-0.2, -0.15) is 0 Å². The van der Waals surface area contributed by atoms with Crippen LogP contribution in [-0.4, -0.2) is 7.85 Å². The Hall–Kier alpha value is 0.545. The van der Waals surface area contributed by atoms with Crippen molar-refractivity contribution < 1.29 is 37.7 Å². The Bertz CT molecular complexity index is 139. The van der Waals surface area contributed by atoms with Crippen LogP contribution < -0.4 is 5.46 Å². The average Bonchev–Trinajstić information content (AvgIpc) is 1.94. The van der Waals surface area contributed by atoms with Gasteiger partial charge in [0.05, 0.1) is 0 Å². The topological polar surface area (TPSA) is 0 Å². The van der Waals surface area contributed by atoms with Crippen molar-refractivity contribution in [3.8, 4) is 0 Å². The Labute approximate surface area is 94.4 Å². The second-order valence-electron chi connectivity index (χ2n) is 1.41. The predicted molar refractivity (Wildman–Crippen MR) is 43.2 cm³/mol. The second-order valence-corrected chi connectivity index (χ2v) is 1.41. The fourth-order valence-electron chi connectivity index (χ4n) is 0.453. The SMILES string of the molecule is CC.[B]c1ccccc1.[Ho]. The van der Waals surface area contributed by atoms with Crippen molar-refractivity contribution in [3.05, 3.63) is 30.3 Å². The van der Waals surface area contributed by atoms with Gasteiger partial charge < -0.3 is 0 Å². The van der Waals surface area contributed by atoms with Gasteiger partial charge in [0.25, 0.3) is 0 Å². The Morgan fingerprint density at radius 1 is 1.00 bits per heavy atom. The minimum Gasteiger partial charge on any atom is -0.0967 e. The normalized spacial score (nSPS) is 6.60. The van der Waals surface area contributed by atoms with Gasteiger partial charge in [0.2, 0.25) is 0 Å². The number of benzene rings is 1. The third kappa shape index (κ3) is 6.66. The molecule has 0 aliphatic heterocycles. The van der Waals surface area contributed by atoms with E-state index in [9.17, 15) is 0 Å². The Kier molecular flexibility index (Phi) is 12.6. The van der Waals surface area contributed by atoms with E-state index in [1.54, 1.807) is 0 Å². The quantitative estimate of drug-likeness (QED) is 0.633. The fourth-order valence-corrected chi connectivity index (χ4v) is 0.453. The zero-order valence-corrected chi connectivity index (χ0v) is 8.20. The Balaban J connectivity index is 0. The molecule has 0 saturated heterocycles. The Morgan fingerprint density at radius 3 is 1.60 bits per heavy atom. The summed E-state index contributed by atoms with van der Waals surface area (Å²) in [7, 11) is 5.36. The van der Waals surface area contributed by atoms with Crippen LogP contribution in [-0.2, 0) is 0 Å². The van der Waals surface area contributed by atoms with Gasteiger partial charge in [0.15, 0.2) is 0 Å². The summed E-state index contributed by atoms with van der Waals surface area (Å²) in [5, 5.41) is 0. The third-order valence-electron chi connectivity index (χ3n) is 0.800. The summed E-state index contributed by atoms with van der Waals surface area (Å²) in [5.41, 5.74) is 0.822. The molecule has 0 N–H and O–H groups in total. The van der Waals surface area contributed by atoms with E-state index in [2.05, 4.69) is 0 Å². The van der Waals surface area contributed by atoms with Crippen LogP contribution in [0.15, 0.2) is 30.3 Å². The molecule has 0 saturated carbocycles. The first kappa shape index (κ1) is 13.2. The molecule has 0 aliphatic carbocycles. The first-order chi connectivity index (χ1) is 4.39. The largest absolute Gasteiger partial charge is 0.113 e. The second kappa shape index (κ2) is 9.54. The van der Waals surface area contributed by atoms with Gasteiger partial charge in [0, 0.05) is 37.7 Å². The minimum atomic E-state index is 0. The summed E-state index contributed by atoms with van der Waals surface area (Å²) < 4.78 is 0. The summed E-state index contributed by atoms with van der Waals surface area (Å²) in [4.78, 5) is 0. The summed E-state index contributed by atoms with van der Waals surface area (Å²) in [5.74, 6) is 0. The van der Waals surface area contributed by atoms with Gasteiger partial charge >= 0.3 is 0 Å². The zero-order valence-electron chi connectivity index (χ0n) is 6.27. The fraction of sp³-hybridized carbons (Fsp3) is 0.250. The van der Waals surface area contributed by atoms with Crippen molar-refractivity contribution in [2.24, 2.45) is 0 Å². The van der Waals surface area contributed by atoms with Gasteiger partial charge in [-0.05, 0) is 0 Å². The van der Waals surface area contributed by atoms with Crippen LogP contribution in [0.5, 0.6) is 0 Å². The monoisotopic (exact) mass is 283 g/mol. The zero-order chi connectivity index (χ0) is 7.11. The molecule has 1 aromatic carbocycles. The van der Waals surface area contributed by atoms with E-state index in [1.807, 2.05) is 44.2 Å². The van der Waals surface area contributed by atoms with Gasteiger partial charge in [-0.3, -0.25) is 0 Å². The molecule has 0 unspecified atom stereocenters. The molecule has 3 radical (unpaired) electrons. The van der Waals surface area contributed by atoms with Gasteiger partial charge in [-0.15, -0.1) is 0 Å². The number of rotatable bonds is 0. The van der Waals surface area contributed by atoms with Crippen molar-refractivity contribution in [2.45, 2.75) is 13.8 Å². The maximum absolute atomic E-state index is 5.36. The molecule has 0 nitrogen and oxygen atoms in total. The molecule has 1 aromatic rings. The van der Waals surface area contributed by atoms with Gasteiger partial charge in [-0.25, -0.2) is 0 Å². The first-order valence-electron chi connectivity index (χ1n) is 3.20. The van der Waals surface area contributed by atoms with Crippen molar-refractivity contribution in [1.82, 2.24) is 0 Å². The van der Waals surface area contributed by atoms with Gasteiger partial charge in [0.1, 0.15) is 7.85 Å². The Morgan fingerprint density at radius 2 is 1.40 bits per heavy atom. The molecule has 0 aromatic heterocycles. The molecule has 0 bridgehead atoms. The van der Waals surface area contributed by atoms with E-state index >= 15 is 0 Å². The van der Waals surface area contributed by atoms with Crippen LogP contribution in [0.4, 0.5) is 0 Å². The van der Waals surface area contributed by atoms with Crippen molar-refractivity contribution in [2.75, 3.05) is 0 Å². The predicted octanol–water partition coefficient (Wildman–Crippen LogP) is 1.51. The molecule has 0 fully saturated rings.